The average molecular weight is 350 g/mol. The number of epoxide rings is 1. The lowest BCUT2D eigenvalue weighted by Crippen LogP contribution is -2.33. The van der Waals surface area contributed by atoms with Gasteiger partial charge in [0.25, 0.3) is 0 Å². The van der Waals surface area contributed by atoms with Gasteiger partial charge in [0.15, 0.2) is 0 Å². The summed E-state index contributed by atoms with van der Waals surface area (Å²) in [5.41, 5.74) is 0.342. The Bertz CT molecular complexity index is 601. The Kier molecular flexibility index (Phi) is 5.77. The number of aliphatic carboxylic acids is 1. The van der Waals surface area contributed by atoms with E-state index >= 15 is 0 Å². The average Bonchev–Trinajstić information content (AvgIpc) is 3.17. The van der Waals surface area contributed by atoms with E-state index in [0.717, 1.165) is 19.3 Å². The van der Waals surface area contributed by atoms with Crippen LogP contribution >= 0.6 is 0 Å². The highest BCUT2D eigenvalue weighted by molar-refractivity contribution is 5.88. The summed E-state index contributed by atoms with van der Waals surface area (Å²) >= 11 is 0. The maximum atomic E-state index is 12.2. The molecule has 0 aromatic heterocycles. The quantitative estimate of drug-likeness (QED) is 0.472. The summed E-state index contributed by atoms with van der Waals surface area (Å²) in [4.78, 5) is 23.9. The van der Waals surface area contributed by atoms with Gasteiger partial charge in [-0.05, 0) is 59.0 Å². The summed E-state index contributed by atoms with van der Waals surface area (Å²) in [7, 11) is 0. The summed E-state index contributed by atoms with van der Waals surface area (Å²) in [6, 6.07) is 0. The van der Waals surface area contributed by atoms with Gasteiger partial charge in [0.2, 0.25) is 0 Å². The molecule has 1 heterocycles. The summed E-state index contributed by atoms with van der Waals surface area (Å²) in [5.74, 6) is -1.35. The monoisotopic (exact) mass is 350 g/mol. The van der Waals surface area contributed by atoms with Crippen molar-refractivity contribution in [3.05, 3.63) is 23.3 Å². The molecule has 0 spiro atoms. The highest BCUT2D eigenvalue weighted by atomic mass is 16.6. The van der Waals surface area contributed by atoms with Crippen LogP contribution < -0.4 is 0 Å². The van der Waals surface area contributed by atoms with Gasteiger partial charge in [-0.15, -0.1) is 0 Å². The molecule has 1 fully saturated rings. The molecule has 3 unspecified atom stereocenters. The Morgan fingerprint density at radius 1 is 1.32 bits per heavy atom. The number of hydrogen-bond donors (Lipinski definition) is 1. The zero-order valence-corrected chi connectivity index (χ0v) is 15.9. The minimum atomic E-state index is -0.957. The zero-order valence-electron chi connectivity index (χ0n) is 15.9. The van der Waals surface area contributed by atoms with Crippen molar-refractivity contribution in [3.63, 3.8) is 0 Å². The van der Waals surface area contributed by atoms with E-state index in [1.54, 1.807) is 26.0 Å². The number of carbonyl (C=O) groups is 2. The van der Waals surface area contributed by atoms with E-state index in [-0.39, 0.29) is 17.1 Å². The molecule has 2 rings (SSSR count). The first-order valence-corrected chi connectivity index (χ1v) is 9.05. The SMILES string of the molecule is CC=C(C)C(=O)OC1C=C(C(=O)O)CCC2OC2(C)CCCC1(C)C. The van der Waals surface area contributed by atoms with Crippen LogP contribution in [0.5, 0.6) is 0 Å². The van der Waals surface area contributed by atoms with Crippen molar-refractivity contribution in [3.8, 4) is 0 Å². The van der Waals surface area contributed by atoms with Crippen LogP contribution in [0.4, 0.5) is 0 Å². The molecule has 5 nitrogen and oxygen atoms in total. The fourth-order valence-corrected chi connectivity index (χ4v) is 3.39. The fraction of sp³-hybridized carbons (Fsp3) is 0.700. The number of esters is 1. The molecule has 0 amide bonds. The van der Waals surface area contributed by atoms with Crippen molar-refractivity contribution < 1.29 is 24.2 Å². The van der Waals surface area contributed by atoms with Crippen LogP contribution in [-0.4, -0.2) is 34.9 Å². The van der Waals surface area contributed by atoms with E-state index in [2.05, 4.69) is 6.92 Å². The fourth-order valence-electron chi connectivity index (χ4n) is 3.39. The van der Waals surface area contributed by atoms with Crippen molar-refractivity contribution in [1.29, 1.82) is 0 Å². The first-order chi connectivity index (χ1) is 11.6. The molecule has 0 saturated carbocycles. The van der Waals surface area contributed by atoms with Crippen molar-refractivity contribution in [2.75, 3.05) is 0 Å². The lowest BCUT2D eigenvalue weighted by molar-refractivity contribution is -0.147. The van der Waals surface area contributed by atoms with Gasteiger partial charge < -0.3 is 14.6 Å². The highest BCUT2D eigenvalue weighted by Crippen LogP contribution is 2.45. The smallest absolute Gasteiger partial charge is 0.333 e. The second-order valence-electron chi connectivity index (χ2n) is 8.09. The summed E-state index contributed by atoms with van der Waals surface area (Å²) in [5, 5.41) is 9.57. The molecule has 1 aliphatic heterocycles. The van der Waals surface area contributed by atoms with Crippen LogP contribution in [0, 0.1) is 5.41 Å². The molecular weight excluding hydrogens is 320 g/mol. The maximum Gasteiger partial charge on any atom is 0.333 e. The largest absolute Gasteiger partial charge is 0.478 e. The van der Waals surface area contributed by atoms with Gasteiger partial charge >= 0.3 is 11.9 Å². The third-order valence-corrected chi connectivity index (χ3v) is 5.59. The van der Waals surface area contributed by atoms with Crippen LogP contribution in [0.15, 0.2) is 23.3 Å². The normalized spacial score (nSPS) is 32.7. The number of hydrogen-bond acceptors (Lipinski definition) is 4. The molecule has 1 saturated heterocycles. The predicted molar refractivity (Wildman–Crippen MR) is 95.2 cm³/mol. The van der Waals surface area contributed by atoms with Gasteiger partial charge in [0.1, 0.15) is 6.10 Å². The second kappa shape index (κ2) is 7.32. The number of allylic oxidation sites excluding steroid dienone is 1. The molecule has 5 heteroatoms. The molecule has 0 radical (unpaired) electrons. The number of ether oxygens (including phenoxy) is 2. The van der Waals surface area contributed by atoms with Crippen molar-refractivity contribution in [2.45, 2.75) is 84.5 Å². The number of carboxylic acid groups (broad SMARTS) is 1. The van der Waals surface area contributed by atoms with E-state index in [4.69, 9.17) is 9.47 Å². The lowest BCUT2D eigenvalue weighted by Gasteiger charge is -2.32. The van der Waals surface area contributed by atoms with Crippen molar-refractivity contribution in [2.24, 2.45) is 5.41 Å². The minimum absolute atomic E-state index is 0.127. The first kappa shape index (κ1) is 19.7. The van der Waals surface area contributed by atoms with Gasteiger partial charge in [0.05, 0.1) is 11.7 Å². The Morgan fingerprint density at radius 2 is 2.00 bits per heavy atom. The molecule has 1 N–H and O–H groups in total. The number of carboxylic acids is 1. The van der Waals surface area contributed by atoms with Crippen molar-refractivity contribution >= 4 is 11.9 Å². The zero-order chi connectivity index (χ0) is 18.8. The Balaban J connectivity index is 2.30. The van der Waals surface area contributed by atoms with Gasteiger partial charge in [-0.2, -0.15) is 0 Å². The summed E-state index contributed by atoms with van der Waals surface area (Å²) in [6.07, 6.45) is 6.72. The van der Waals surface area contributed by atoms with E-state index in [9.17, 15) is 14.7 Å². The predicted octanol–water partition coefficient (Wildman–Crippen LogP) is 4.02. The Labute approximate surface area is 150 Å². The third kappa shape index (κ3) is 4.72. The summed E-state index contributed by atoms with van der Waals surface area (Å²) in [6.45, 7) is 9.63. The van der Waals surface area contributed by atoms with Crippen LogP contribution in [0.1, 0.15) is 66.7 Å². The van der Waals surface area contributed by atoms with Crippen LogP contribution in [0.3, 0.4) is 0 Å². The minimum Gasteiger partial charge on any atom is -0.478 e. The molecule has 0 bridgehead atoms. The molecule has 25 heavy (non-hydrogen) atoms. The van der Waals surface area contributed by atoms with Crippen molar-refractivity contribution in [1.82, 2.24) is 0 Å². The summed E-state index contributed by atoms with van der Waals surface area (Å²) < 4.78 is 11.5. The molecule has 1 aliphatic carbocycles. The van der Waals surface area contributed by atoms with Crippen LogP contribution in [0.2, 0.25) is 0 Å². The first-order valence-electron chi connectivity index (χ1n) is 9.05. The van der Waals surface area contributed by atoms with Gasteiger partial charge in [-0.3, -0.25) is 0 Å². The molecule has 2 aliphatic rings. The topological polar surface area (TPSA) is 76.1 Å². The second-order valence-corrected chi connectivity index (χ2v) is 8.09. The lowest BCUT2D eigenvalue weighted by atomic mass is 9.80. The van der Waals surface area contributed by atoms with E-state index in [1.165, 1.54) is 0 Å². The molecule has 3 atom stereocenters. The number of carbonyl (C=O) groups excluding carboxylic acids is 1. The Morgan fingerprint density at radius 3 is 2.60 bits per heavy atom. The molecule has 0 aromatic rings. The van der Waals surface area contributed by atoms with Crippen LogP contribution in [0.25, 0.3) is 0 Å². The molecular formula is C20H30O5. The highest BCUT2D eigenvalue weighted by Gasteiger charge is 2.51. The number of rotatable bonds is 3. The third-order valence-electron chi connectivity index (χ3n) is 5.59. The standard InChI is InChI=1S/C20H30O5/c1-6-13(2)18(23)24-16-12-14(17(21)22)8-9-15-20(5,25-15)11-7-10-19(16,3)4/h6,12,15-16H,7-11H2,1-5H3,(H,21,22). The van der Waals surface area contributed by atoms with Gasteiger partial charge in [-0.25, -0.2) is 9.59 Å². The van der Waals surface area contributed by atoms with Crippen LogP contribution in [-0.2, 0) is 19.1 Å². The molecule has 140 valence electrons. The maximum absolute atomic E-state index is 12.2. The van der Waals surface area contributed by atoms with E-state index in [1.807, 2.05) is 13.8 Å². The number of fused-ring (bicyclic) bond motifs is 1. The van der Waals surface area contributed by atoms with E-state index < -0.39 is 18.0 Å². The van der Waals surface area contributed by atoms with Gasteiger partial charge in [-0.1, -0.05) is 19.9 Å². The Hall–Kier alpha value is -1.62. The van der Waals surface area contributed by atoms with Gasteiger partial charge in [0, 0.05) is 16.6 Å². The van der Waals surface area contributed by atoms with E-state index in [0.29, 0.717) is 24.0 Å². The molecule has 0 aromatic carbocycles.